The van der Waals surface area contributed by atoms with Crippen molar-refractivity contribution >= 4 is 5.91 Å². The molecule has 6 heteroatoms. The second-order valence-electron chi connectivity index (χ2n) is 4.49. The molecule has 1 fully saturated rings. The lowest BCUT2D eigenvalue weighted by Gasteiger charge is -2.26. The summed E-state index contributed by atoms with van der Waals surface area (Å²) in [7, 11) is 0. The number of rotatable bonds is 5. The lowest BCUT2D eigenvalue weighted by Crippen LogP contribution is -2.43. The quantitative estimate of drug-likeness (QED) is 0.814. The zero-order chi connectivity index (χ0) is 15.1. The average molecular weight is 290 g/mol. The molecule has 112 valence electrons. The fourth-order valence-corrected chi connectivity index (χ4v) is 2.01. The predicted octanol–water partition coefficient (Wildman–Crippen LogP) is 1.19. The van der Waals surface area contributed by atoms with Gasteiger partial charge in [-0.2, -0.15) is 5.26 Å². The van der Waals surface area contributed by atoms with Gasteiger partial charge in [-0.15, -0.1) is 0 Å². The van der Waals surface area contributed by atoms with Crippen molar-refractivity contribution in [3.63, 3.8) is 0 Å². The Morgan fingerprint density at radius 3 is 2.76 bits per heavy atom. The molecule has 2 rings (SSSR count). The van der Waals surface area contributed by atoms with E-state index in [1.54, 1.807) is 23.1 Å². The minimum atomic E-state index is -0.0786. The van der Waals surface area contributed by atoms with Crippen LogP contribution in [0.2, 0.25) is 0 Å². The van der Waals surface area contributed by atoms with Gasteiger partial charge in [-0.3, -0.25) is 4.79 Å². The summed E-state index contributed by atoms with van der Waals surface area (Å²) in [6.07, 6.45) is 0. The molecule has 1 aliphatic rings. The molecular formula is C15H18N2O4. The molecule has 1 amide bonds. The van der Waals surface area contributed by atoms with Crippen LogP contribution in [-0.2, 0) is 9.53 Å². The lowest BCUT2D eigenvalue weighted by atomic mass is 10.2. The summed E-state index contributed by atoms with van der Waals surface area (Å²) < 4.78 is 16.2. The third-order valence-corrected chi connectivity index (χ3v) is 3.09. The van der Waals surface area contributed by atoms with Crippen LogP contribution in [0.1, 0.15) is 12.5 Å². The molecule has 1 aromatic rings. The normalized spacial score (nSPS) is 14.4. The standard InChI is InChI=1S/C15H18N2O4/c1-2-20-14-9-12(10-16)3-4-13(14)21-11-15(18)17-5-7-19-8-6-17/h3-4,9H,2,5-8,11H2,1H3. The van der Waals surface area contributed by atoms with E-state index in [0.29, 0.717) is 50.0 Å². The van der Waals surface area contributed by atoms with Crippen molar-refractivity contribution in [3.8, 4) is 17.6 Å². The Morgan fingerprint density at radius 1 is 1.33 bits per heavy atom. The van der Waals surface area contributed by atoms with Gasteiger partial charge in [0.05, 0.1) is 31.5 Å². The largest absolute Gasteiger partial charge is 0.490 e. The van der Waals surface area contributed by atoms with Crippen LogP contribution in [0, 0.1) is 11.3 Å². The first-order chi connectivity index (χ1) is 10.2. The van der Waals surface area contributed by atoms with Crippen molar-refractivity contribution in [1.29, 1.82) is 5.26 Å². The SMILES string of the molecule is CCOc1cc(C#N)ccc1OCC(=O)N1CCOCC1. The Bertz CT molecular complexity index is 533. The number of hydrogen-bond donors (Lipinski definition) is 0. The summed E-state index contributed by atoms with van der Waals surface area (Å²) in [6, 6.07) is 6.94. The van der Waals surface area contributed by atoms with Crippen molar-refractivity contribution < 1.29 is 19.0 Å². The molecule has 1 aliphatic heterocycles. The number of hydrogen-bond acceptors (Lipinski definition) is 5. The van der Waals surface area contributed by atoms with Gasteiger partial charge in [0, 0.05) is 19.2 Å². The fourth-order valence-electron chi connectivity index (χ4n) is 2.01. The van der Waals surface area contributed by atoms with E-state index in [4.69, 9.17) is 19.5 Å². The molecule has 1 heterocycles. The van der Waals surface area contributed by atoms with Crippen LogP contribution < -0.4 is 9.47 Å². The fraction of sp³-hybridized carbons (Fsp3) is 0.467. The maximum absolute atomic E-state index is 12.0. The van der Waals surface area contributed by atoms with Crippen molar-refractivity contribution in [1.82, 2.24) is 4.90 Å². The summed E-state index contributed by atoms with van der Waals surface area (Å²) in [5.41, 5.74) is 0.491. The van der Waals surface area contributed by atoms with Crippen LogP contribution in [0.5, 0.6) is 11.5 Å². The van der Waals surface area contributed by atoms with Gasteiger partial charge in [0.15, 0.2) is 18.1 Å². The van der Waals surface area contributed by atoms with Gasteiger partial charge in [-0.1, -0.05) is 0 Å². The van der Waals surface area contributed by atoms with Crippen molar-refractivity contribution in [2.45, 2.75) is 6.92 Å². The molecule has 1 saturated heterocycles. The van der Waals surface area contributed by atoms with Crippen LogP contribution >= 0.6 is 0 Å². The number of carbonyl (C=O) groups is 1. The van der Waals surface area contributed by atoms with E-state index in [2.05, 4.69) is 0 Å². The summed E-state index contributed by atoms with van der Waals surface area (Å²) in [6.45, 7) is 4.57. The van der Waals surface area contributed by atoms with E-state index in [1.807, 2.05) is 13.0 Å². The first kappa shape index (κ1) is 15.1. The Balaban J connectivity index is 1.98. The molecule has 0 aromatic heterocycles. The molecule has 0 N–H and O–H groups in total. The Kier molecular flexibility index (Phi) is 5.41. The summed E-state index contributed by atoms with van der Waals surface area (Å²) in [4.78, 5) is 13.7. The zero-order valence-corrected chi connectivity index (χ0v) is 12.0. The molecule has 6 nitrogen and oxygen atoms in total. The number of ether oxygens (including phenoxy) is 3. The highest BCUT2D eigenvalue weighted by atomic mass is 16.5. The highest BCUT2D eigenvalue weighted by molar-refractivity contribution is 5.78. The van der Waals surface area contributed by atoms with Gasteiger partial charge in [-0.05, 0) is 19.1 Å². The van der Waals surface area contributed by atoms with E-state index < -0.39 is 0 Å². The van der Waals surface area contributed by atoms with Gasteiger partial charge in [0.25, 0.3) is 5.91 Å². The van der Waals surface area contributed by atoms with Gasteiger partial charge in [-0.25, -0.2) is 0 Å². The second kappa shape index (κ2) is 7.50. The number of nitrogens with zero attached hydrogens (tertiary/aromatic N) is 2. The Morgan fingerprint density at radius 2 is 2.10 bits per heavy atom. The third-order valence-electron chi connectivity index (χ3n) is 3.09. The smallest absolute Gasteiger partial charge is 0.260 e. The molecule has 0 atom stereocenters. The molecule has 21 heavy (non-hydrogen) atoms. The van der Waals surface area contributed by atoms with Crippen LogP contribution in [0.3, 0.4) is 0 Å². The first-order valence-corrected chi connectivity index (χ1v) is 6.90. The van der Waals surface area contributed by atoms with E-state index >= 15 is 0 Å². The summed E-state index contributed by atoms with van der Waals surface area (Å²) in [5.74, 6) is 0.869. The van der Waals surface area contributed by atoms with Crippen LogP contribution in [0.4, 0.5) is 0 Å². The van der Waals surface area contributed by atoms with E-state index in [1.165, 1.54) is 0 Å². The molecule has 0 bridgehead atoms. The van der Waals surface area contributed by atoms with Gasteiger partial charge in [0.1, 0.15) is 0 Å². The minimum Gasteiger partial charge on any atom is -0.490 e. The van der Waals surface area contributed by atoms with Gasteiger partial charge < -0.3 is 19.1 Å². The van der Waals surface area contributed by atoms with E-state index in [-0.39, 0.29) is 12.5 Å². The van der Waals surface area contributed by atoms with Crippen molar-refractivity contribution in [2.24, 2.45) is 0 Å². The highest BCUT2D eigenvalue weighted by Crippen LogP contribution is 2.28. The van der Waals surface area contributed by atoms with Crippen LogP contribution in [-0.4, -0.2) is 50.3 Å². The molecule has 0 unspecified atom stereocenters. The molecule has 0 spiro atoms. The summed E-state index contributed by atoms with van der Waals surface area (Å²) >= 11 is 0. The number of carbonyl (C=O) groups excluding carboxylic acids is 1. The first-order valence-electron chi connectivity index (χ1n) is 6.90. The average Bonchev–Trinajstić information content (AvgIpc) is 2.54. The topological polar surface area (TPSA) is 71.8 Å². The van der Waals surface area contributed by atoms with Crippen LogP contribution in [0.15, 0.2) is 18.2 Å². The highest BCUT2D eigenvalue weighted by Gasteiger charge is 2.18. The summed E-state index contributed by atoms with van der Waals surface area (Å²) in [5, 5.41) is 8.89. The Labute approximate surface area is 123 Å². The van der Waals surface area contributed by atoms with Gasteiger partial charge in [0.2, 0.25) is 0 Å². The number of nitriles is 1. The predicted molar refractivity (Wildman–Crippen MR) is 75.2 cm³/mol. The molecular weight excluding hydrogens is 272 g/mol. The zero-order valence-electron chi connectivity index (χ0n) is 12.0. The maximum atomic E-state index is 12.0. The van der Waals surface area contributed by atoms with Crippen molar-refractivity contribution in [2.75, 3.05) is 39.5 Å². The maximum Gasteiger partial charge on any atom is 0.260 e. The monoisotopic (exact) mass is 290 g/mol. The second-order valence-corrected chi connectivity index (χ2v) is 4.49. The molecule has 0 aliphatic carbocycles. The van der Waals surface area contributed by atoms with Crippen molar-refractivity contribution in [3.05, 3.63) is 23.8 Å². The Hall–Kier alpha value is -2.26. The molecule has 1 aromatic carbocycles. The third kappa shape index (κ3) is 4.10. The minimum absolute atomic E-state index is 0.0496. The van der Waals surface area contributed by atoms with E-state index in [0.717, 1.165) is 0 Å². The molecule has 0 saturated carbocycles. The molecule has 0 radical (unpaired) electrons. The van der Waals surface area contributed by atoms with Gasteiger partial charge >= 0.3 is 0 Å². The van der Waals surface area contributed by atoms with E-state index in [9.17, 15) is 4.79 Å². The lowest BCUT2D eigenvalue weighted by molar-refractivity contribution is -0.137. The van der Waals surface area contributed by atoms with Crippen LogP contribution in [0.25, 0.3) is 0 Å². The number of amides is 1. The number of morpholine rings is 1. The number of benzene rings is 1.